The van der Waals surface area contributed by atoms with E-state index in [0.29, 0.717) is 5.52 Å². The lowest BCUT2D eigenvalue weighted by Crippen LogP contribution is -2.20. The van der Waals surface area contributed by atoms with Crippen molar-refractivity contribution in [1.29, 1.82) is 0 Å². The fourth-order valence-electron chi connectivity index (χ4n) is 1.63. The van der Waals surface area contributed by atoms with Crippen molar-refractivity contribution in [3.63, 3.8) is 0 Å². The first-order valence-corrected chi connectivity index (χ1v) is 5.32. The number of halogens is 2. The molecule has 0 saturated carbocycles. The molecule has 2 heterocycles. The van der Waals surface area contributed by atoms with E-state index in [9.17, 15) is 8.78 Å². The predicted molar refractivity (Wildman–Crippen MR) is 60.8 cm³/mol. The lowest BCUT2D eigenvalue weighted by Gasteiger charge is -2.11. The van der Waals surface area contributed by atoms with Crippen molar-refractivity contribution >= 4 is 10.9 Å². The van der Waals surface area contributed by atoms with Crippen molar-refractivity contribution in [1.82, 2.24) is 14.8 Å². The van der Waals surface area contributed by atoms with Crippen molar-refractivity contribution in [3.05, 3.63) is 24.2 Å². The number of pyridine rings is 1. The molecule has 6 heteroatoms. The molecule has 0 amide bonds. The van der Waals surface area contributed by atoms with E-state index in [0.717, 1.165) is 18.0 Å². The molecule has 0 aliphatic carbocycles. The molecule has 0 aliphatic heterocycles. The summed E-state index contributed by atoms with van der Waals surface area (Å²) in [6.45, 7) is 2.23. The third-order valence-electron chi connectivity index (χ3n) is 2.44. The normalized spacial score (nSPS) is 14.2. The van der Waals surface area contributed by atoms with Crippen LogP contribution >= 0.6 is 0 Å². The molecule has 2 N–H and O–H groups in total. The summed E-state index contributed by atoms with van der Waals surface area (Å²) in [5.74, 6) is -2.79. The number of alkyl halides is 2. The predicted octanol–water partition coefficient (Wildman–Crippen LogP) is 2.11. The van der Waals surface area contributed by atoms with E-state index >= 15 is 0 Å². The average molecular weight is 240 g/mol. The molecular weight excluding hydrogens is 226 g/mol. The van der Waals surface area contributed by atoms with Crippen molar-refractivity contribution in [3.8, 4) is 0 Å². The Labute approximate surface area is 97.4 Å². The van der Waals surface area contributed by atoms with E-state index in [2.05, 4.69) is 10.1 Å². The van der Waals surface area contributed by atoms with Crippen LogP contribution in [0.4, 0.5) is 8.78 Å². The largest absolute Gasteiger partial charge is 0.323 e. The highest BCUT2D eigenvalue weighted by molar-refractivity contribution is 5.78. The van der Waals surface area contributed by atoms with E-state index in [1.54, 1.807) is 12.3 Å². The summed E-state index contributed by atoms with van der Waals surface area (Å²) >= 11 is 0. The third kappa shape index (κ3) is 2.58. The summed E-state index contributed by atoms with van der Waals surface area (Å²) in [5.41, 5.74) is 7.02. The molecule has 4 nitrogen and oxygen atoms in total. The van der Waals surface area contributed by atoms with Crippen LogP contribution in [0.1, 0.15) is 25.6 Å². The lowest BCUT2D eigenvalue weighted by atomic mass is 10.2. The minimum Gasteiger partial charge on any atom is -0.323 e. The topological polar surface area (TPSA) is 56.7 Å². The molecule has 0 bridgehead atoms. The summed E-state index contributed by atoms with van der Waals surface area (Å²) in [6.07, 6.45) is 3.08. The second-order valence-corrected chi connectivity index (χ2v) is 4.33. The Morgan fingerprint density at radius 3 is 2.76 bits per heavy atom. The molecule has 0 saturated heterocycles. The molecule has 17 heavy (non-hydrogen) atoms. The summed E-state index contributed by atoms with van der Waals surface area (Å²) in [4.78, 5) is 4.14. The molecule has 2 aromatic rings. The zero-order valence-electron chi connectivity index (χ0n) is 9.69. The lowest BCUT2D eigenvalue weighted by molar-refractivity contribution is 0.00181. The molecule has 0 spiro atoms. The van der Waals surface area contributed by atoms with E-state index in [4.69, 9.17) is 5.73 Å². The molecule has 2 aromatic heterocycles. The molecule has 0 aliphatic rings. The first kappa shape index (κ1) is 11.9. The SMILES string of the molecule is C[C@@H](N)c1cc2cnn(CC(C)(F)F)c2cn1. The zero-order valence-corrected chi connectivity index (χ0v) is 9.69. The van der Waals surface area contributed by atoms with E-state index in [-0.39, 0.29) is 6.04 Å². The van der Waals surface area contributed by atoms with Gasteiger partial charge in [-0.05, 0) is 13.0 Å². The van der Waals surface area contributed by atoms with Crippen LogP contribution < -0.4 is 5.73 Å². The number of hydrogen-bond acceptors (Lipinski definition) is 3. The first-order valence-electron chi connectivity index (χ1n) is 5.32. The highest BCUT2D eigenvalue weighted by atomic mass is 19.3. The fourth-order valence-corrected chi connectivity index (χ4v) is 1.63. The molecule has 2 rings (SSSR count). The fraction of sp³-hybridized carbons (Fsp3) is 0.455. The number of fused-ring (bicyclic) bond motifs is 1. The number of aromatic nitrogens is 3. The van der Waals surface area contributed by atoms with Crippen LogP contribution in [0.2, 0.25) is 0 Å². The second-order valence-electron chi connectivity index (χ2n) is 4.33. The standard InChI is InChI=1S/C11H14F2N4/c1-7(14)9-3-8-4-16-17(6-11(2,12)13)10(8)5-15-9/h3-5,7H,6,14H2,1-2H3/t7-/m1/s1. The third-order valence-corrected chi connectivity index (χ3v) is 2.44. The van der Waals surface area contributed by atoms with E-state index in [1.807, 2.05) is 6.92 Å². The molecule has 0 unspecified atom stereocenters. The molecule has 0 radical (unpaired) electrons. The number of nitrogens with two attached hydrogens (primary N) is 1. The Morgan fingerprint density at radius 1 is 1.47 bits per heavy atom. The average Bonchev–Trinajstić information content (AvgIpc) is 2.58. The van der Waals surface area contributed by atoms with Gasteiger partial charge >= 0.3 is 0 Å². The maximum absolute atomic E-state index is 12.9. The van der Waals surface area contributed by atoms with Gasteiger partial charge in [0.25, 0.3) is 5.92 Å². The smallest absolute Gasteiger partial charge is 0.264 e. The van der Waals surface area contributed by atoms with Gasteiger partial charge in [0.05, 0.1) is 23.6 Å². The summed E-state index contributed by atoms with van der Waals surface area (Å²) in [6, 6.07) is 1.59. The van der Waals surface area contributed by atoms with Gasteiger partial charge in [-0.2, -0.15) is 5.10 Å². The van der Waals surface area contributed by atoms with Gasteiger partial charge in [0.2, 0.25) is 0 Å². The van der Waals surface area contributed by atoms with Gasteiger partial charge < -0.3 is 5.73 Å². The zero-order chi connectivity index (χ0) is 12.6. The molecular formula is C11H14F2N4. The van der Waals surface area contributed by atoms with Crippen molar-refractivity contribution in [2.45, 2.75) is 32.4 Å². The maximum Gasteiger partial charge on any atom is 0.264 e. The van der Waals surface area contributed by atoms with Gasteiger partial charge in [0, 0.05) is 18.4 Å². The number of nitrogens with zero attached hydrogens (tertiary/aromatic N) is 3. The van der Waals surface area contributed by atoms with Crippen LogP contribution in [-0.2, 0) is 6.54 Å². The Hall–Kier alpha value is -1.56. The van der Waals surface area contributed by atoms with E-state index in [1.165, 1.54) is 10.9 Å². The Morgan fingerprint density at radius 2 is 2.18 bits per heavy atom. The Bertz CT molecular complexity index is 528. The highest BCUT2D eigenvalue weighted by Crippen LogP contribution is 2.20. The van der Waals surface area contributed by atoms with Crippen LogP contribution in [0.15, 0.2) is 18.5 Å². The Balaban J connectivity index is 2.42. The monoisotopic (exact) mass is 240 g/mol. The van der Waals surface area contributed by atoms with Crippen LogP contribution in [0, 0.1) is 0 Å². The van der Waals surface area contributed by atoms with Crippen LogP contribution in [-0.4, -0.2) is 20.7 Å². The number of hydrogen-bond donors (Lipinski definition) is 1. The van der Waals surface area contributed by atoms with Gasteiger partial charge in [-0.15, -0.1) is 0 Å². The van der Waals surface area contributed by atoms with Crippen molar-refractivity contribution in [2.24, 2.45) is 5.73 Å². The molecule has 92 valence electrons. The summed E-state index contributed by atoms with van der Waals surface area (Å²) in [5, 5.41) is 4.71. The summed E-state index contributed by atoms with van der Waals surface area (Å²) in [7, 11) is 0. The molecule has 0 fully saturated rings. The summed E-state index contributed by atoms with van der Waals surface area (Å²) < 4.78 is 27.1. The van der Waals surface area contributed by atoms with Crippen LogP contribution in [0.3, 0.4) is 0 Å². The highest BCUT2D eigenvalue weighted by Gasteiger charge is 2.23. The minimum atomic E-state index is -2.79. The van der Waals surface area contributed by atoms with Gasteiger partial charge in [-0.3, -0.25) is 9.67 Å². The van der Waals surface area contributed by atoms with Crippen LogP contribution in [0.5, 0.6) is 0 Å². The molecule has 1 atom stereocenters. The number of rotatable bonds is 3. The second kappa shape index (κ2) is 4.03. The quantitative estimate of drug-likeness (QED) is 0.893. The van der Waals surface area contributed by atoms with Gasteiger partial charge in [0.1, 0.15) is 6.54 Å². The van der Waals surface area contributed by atoms with Crippen molar-refractivity contribution < 1.29 is 8.78 Å². The van der Waals surface area contributed by atoms with Gasteiger partial charge in [0.15, 0.2) is 0 Å². The van der Waals surface area contributed by atoms with Gasteiger partial charge in [-0.25, -0.2) is 8.78 Å². The van der Waals surface area contributed by atoms with E-state index < -0.39 is 12.5 Å². The van der Waals surface area contributed by atoms with Crippen LogP contribution in [0.25, 0.3) is 10.9 Å². The Kier molecular flexibility index (Phi) is 2.82. The van der Waals surface area contributed by atoms with Crippen molar-refractivity contribution in [2.75, 3.05) is 0 Å². The first-order chi connectivity index (χ1) is 7.87. The van der Waals surface area contributed by atoms with Gasteiger partial charge in [-0.1, -0.05) is 0 Å². The maximum atomic E-state index is 12.9. The minimum absolute atomic E-state index is 0.185. The molecule has 0 aromatic carbocycles.